The van der Waals surface area contributed by atoms with E-state index in [2.05, 4.69) is 26.1 Å². The van der Waals surface area contributed by atoms with Gasteiger partial charge in [0.25, 0.3) is 17.4 Å². The van der Waals surface area contributed by atoms with Crippen LogP contribution in [0.5, 0.6) is 11.5 Å². The molecule has 3 aliphatic rings. The van der Waals surface area contributed by atoms with Crippen LogP contribution in [0.2, 0.25) is 0 Å². The Kier molecular flexibility index (Phi) is 9.19. The predicted molar refractivity (Wildman–Crippen MR) is 188 cm³/mol. The number of pyridine rings is 2. The molecule has 1 unspecified atom stereocenters. The Morgan fingerprint density at radius 3 is 2.37 bits per heavy atom. The highest BCUT2D eigenvalue weighted by atomic mass is 16.5. The fourth-order valence-electron chi connectivity index (χ4n) is 7.26. The van der Waals surface area contributed by atoms with Crippen LogP contribution in [-0.4, -0.2) is 82.2 Å². The maximum Gasteiger partial charge on any atom is 0.264 e. The number of imide groups is 2. The number of aryl methyl sites for hydroxylation is 1. The molecule has 1 atom stereocenters. The molecular weight excluding hydrogens is 670 g/mol. The van der Waals surface area contributed by atoms with Crippen LogP contribution in [0.3, 0.4) is 0 Å². The van der Waals surface area contributed by atoms with Crippen molar-refractivity contribution in [2.75, 3.05) is 32.7 Å². The third-order valence-corrected chi connectivity index (χ3v) is 10.0. The number of ether oxygens (including phenoxy) is 2. The number of anilines is 1. The fraction of sp³-hybridized carbons (Fsp3) is 0.324. The Balaban J connectivity index is 1.00. The highest BCUT2D eigenvalue weighted by Gasteiger charge is 2.45. The van der Waals surface area contributed by atoms with E-state index in [0.29, 0.717) is 49.4 Å². The number of likely N-dealkylation sites (tertiary alicyclic amines) is 1. The van der Waals surface area contributed by atoms with Gasteiger partial charge in [-0.25, -0.2) is 0 Å². The van der Waals surface area contributed by atoms with Crippen LogP contribution in [0, 0.1) is 5.92 Å². The molecule has 7 rings (SSSR count). The van der Waals surface area contributed by atoms with E-state index in [1.165, 1.54) is 10.6 Å². The summed E-state index contributed by atoms with van der Waals surface area (Å²) < 4.78 is 13.2. The van der Waals surface area contributed by atoms with Crippen LogP contribution in [0.1, 0.15) is 52.0 Å². The van der Waals surface area contributed by atoms with Gasteiger partial charge in [0.15, 0.2) is 0 Å². The monoisotopic (exact) mass is 707 g/mol. The molecular formula is C37H37N7O8. The Hall–Kier alpha value is -6.09. The molecule has 5 amide bonds. The van der Waals surface area contributed by atoms with Crippen molar-refractivity contribution in [3.8, 4) is 22.6 Å². The normalized spacial score (nSPS) is 18.0. The molecule has 3 N–H and O–H groups in total. The molecule has 268 valence electrons. The number of benzene rings is 2. The minimum atomic E-state index is -1.09. The van der Waals surface area contributed by atoms with Gasteiger partial charge in [-0.2, -0.15) is 0 Å². The summed E-state index contributed by atoms with van der Waals surface area (Å²) in [5, 5.41) is 3.47. The van der Waals surface area contributed by atoms with Gasteiger partial charge in [0.1, 0.15) is 17.5 Å². The average molecular weight is 708 g/mol. The van der Waals surface area contributed by atoms with E-state index in [-0.39, 0.29) is 47.0 Å². The van der Waals surface area contributed by atoms with Gasteiger partial charge in [-0.05, 0) is 73.6 Å². The van der Waals surface area contributed by atoms with Gasteiger partial charge in [0, 0.05) is 50.1 Å². The summed E-state index contributed by atoms with van der Waals surface area (Å²) in [7, 11) is 4.91. The number of aromatic nitrogens is 2. The molecule has 2 saturated heterocycles. The third-order valence-electron chi connectivity index (χ3n) is 10.0. The van der Waals surface area contributed by atoms with E-state index in [1.54, 1.807) is 52.0 Å². The second-order valence-corrected chi connectivity index (χ2v) is 13.1. The van der Waals surface area contributed by atoms with E-state index in [1.807, 2.05) is 18.2 Å². The molecule has 15 nitrogen and oxygen atoms in total. The molecule has 4 aromatic rings. The van der Waals surface area contributed by atoms with Gasteiger partial charge < -0.3 is 14.0 Å². The van der Waals surface area contributed by atoms with E-state index < -0.39 is 29.7 Å². The number of hydrazine groups is 1. The zero-order valence-corrected chi connectivity index (χ0v) is 28.9. The number of methoxy groups -OCH3 is 2. The number of hydrogen-bond acceptors (Lipinski definition) is 11. The van der Waals surface area contributed by atoms with Crippen molar-refractivity contribution in [1.29, 1.82) is 0 Å². The van der Waals surface area contributed by atoms with Gasteiger partial charge in [-0.1, -0.05) is 6.07 Å². The minimum absolute atomic E-state index is 0.0192. The van der Waals surface area contributed by atoms with Crippen molar-refractivity contribution in [2.24, 2.45) is 13.0 Å². The Morgan fingerprint density at radius 2 is 1.67 bits per heavy atom. The number of piperidine rings is 2. The van der Waals surface area contributed by atoms with Crippen molar-refractivity contribution in [3.63, 3.8) is 0 Å². The van der Waals surface area contributed by atoms with Crippen molar-refractivity contribution in [3.05, 3.63) is 82.0 Å². The fourth-order valence-corrected chi connectivity index (χ4v) is 7.26. The van der Waals surface area contributed by atoms with Crippen LogP contribution in [0.25, 0.3) is 21.9 Å². The molecule has 2 fully saturated rings. The van der Waals surface area contributed by atoms with Gasteiger partial charge in [0.2, 0.25) is 17.7 Å². The lowest BCUT2D eigenvalue weighted by atomic mass is 9.95. The van der Waals surface area contributed by atoms with Crippen LogP contribution >= 0.6 is 0 Å². The molecule has 5 heterocycles. The maximum absolute atomic E-state index is 13.4. The third kappa shape index (κ3) is 6.12. The zero-order chi connectivity index (χ0) is 36.7. The summed E-state index contributed by atoms with van der Waals surface area (Å²) in [5.41, 5.74) is 8.33. The summed E-state index contributed by atoms with van der Waals surface area (Å²) in [5.74, 6) is -1.73. The van der Waals surface area contributed by atoms with Gasteiger partial charge in [0.05, 0.1) is 42.0 Å². The predicted octanol–water partition coefficient (Wildman–Crippen LogP) is 2.37. The molecule has 2 aromatic carbocycles. The first kappa shape index (κ1) is 34.4. The van der Waals surface area contributed by atoms with E-state index in [0.717, 1.165) is 27.0 Å². The molecule has 0 saturated carbocycles. The topological polar surface area (TPSA) is 181 Å². The van der Waals surface area contributed by atoms with Crippen molar-refractivity contribution in [1.82, 2.24) is 30.1 Å². The van der Waals surface area contributed by atoms with Gasteiger partial charge in [-0.15, -0.1) is 0 Å². The largest absolute Gasteiger partial charge is 0.496 e. The van der Waals surface area contributed by atoms with Gasteiger partial charge >= 0.3 is 0 Å². The first-order valence-electron chi connectivity index (χ1n) is 16.9. The number of carbonyl (C=O) groups is 5. The second kappa shape index (κ2) is 13.9. The quantitative estimate of drug-likeness (QED) is 0.172. The Labute approximate surface area is 297 Å². The van der Waals surface area contributed by atoms with E-state index in [4.69, 9.17) is 9.47 Å². The first-order chi connectivity index (χ1) is 25.1. The molecule has 0 bridgehead atoms. The minimum Gasteiger partial charge on any atom is -0.496 e. The van der Waals surface area contributed by atoms with E-state index in [9.17, 15) is 28.8 Å². The number of carbonyl (C=O) groups excluding carboxylic acids is 5. The lowest BCUT2D eigenvalue weighted by Gasteiger charge is -2.32. The standard InChI is InChI=1S/C37H37N7O8/c1-42-18-25(22-9-12-38-17-24(22)35(42)48)21-15-29(51-2)26(30(16-21)52-3)19-43-13-10-20(11-14-43)33(46)41-40-27-6-4-5-23-32(27)37(50)44(36(23)49)28-7-8-31(45)39-34(28)47/h4-6,9,12,15-18,20,28,40H,7-8,10-11,13-14,19H2,1-3H3,(H,41,46)(H,39,45,47). The molecule has 2 aromatic heterocycles. The summed E-state index contributed by atoms with van der Waals surface area (Å²) in [6, 6.07) is 9.26. The number of amides is 5. The molecule has 3 aliphatic heterocycles. The highest BCUT2D eigenvalue weighted by Crippen LogP contribution is 2.38. The molecule has 0 aliphatic carbocycles. The smallest absolute Gasteiger partial charge is 0.264 e. The van der Waals surface area contributed by atoms with Crippen molar-refractivity contribution in [2.45, 2.75) is 38.3 Å². The second-order valence-electron chi connectivity index (χ2n) is 13.1. The van der Waals surface area contributed by atoms with Crippen LogP contribution in [0.4, 0.5) is 5.69 Å². The Bertz CT molecular complexity index is 2180. The van der Waals surface area contributed by atoms with Crippen LogP contribution < -0.4 is 31.2 Å². The van der Waals surface area contributed by atoms with Crippen LogP contribution in [0.15, 0.2) is 59.8 Å². The SMILES string of the molecule is COc1cc(-c2cn(C)c(=O)c3cnccc23)cc(OC)c1CN1CCC(C(=O)NNc2cccc3c2C(=O)N(C2CCC(=O)NC2=O)C3=O)CC1. The molecule has 15 heteroatoms. The lowest BCUT2D eigenvalue weighted by Crippen LogP contribution is -2.54. The average Bonchev–Trinajstić information content (AvgIpc) is 3.41. The number of hydrogen-bond donors (Lipinski definition) is 3. The van der Waals surface area contributed by atoms with Crippen molar-refractivity contribution >= 4 is 46.0 Å². The number of rotatable bonds is 9. The van der Waals surface area contributed by atoms with Crippen molar-refractivity contribution < 1.29 is 33.4 Å². The number of fused-ring (bicyclic) bond motifs is 2. The zero-order valence-electron chi connectivity index (χ0n) is 28.9. The number of nitrogens with one attached hydrogen (secondary N) is 3. The molecule has 0 spiro atoms. The summed E-state index contributed by atoms with van der Waals surface area (Å²) in [6.45, 7) is 1.77. The molecule has 0 radical (unpaired) electrons. The van der Waals surface area contributed by atoms with Crippen LogP contribution in [-0.2, 0) is 28.0 Å². The lowest BCUT2D eigenvalue weighted by molar-refractivity contribution is -0.136. The first-order valence-corrected chi connectivity index (χ1v) is 16.9. The Morgan fingerprint density at radius 1 is 0.942 bits per heavy atom. The highest BCUT2D eigenvalue weighted by molar-refractivity contribution is 6.25. The maximum atomic E-state index is 13.4. The summed E-state index contributed by atoms with van der Waals surface area (Å²) in [6.07, 6.45) is 6.23. The molecule has 52 heavy (non-hydrogen) atoms. The number of nitrogens with zero attached hydrogens (tertiary/aromatic N) is 4. The summed E-state index contributed by atoms with van der Waals surface area (Å²) in [4.78, 5) is 83.9. The van der Waals surface area contributed by atoms with E-state index >= 15 is 0 Å². The van der Waals surface area contributed by atoms with Gasteiger partial charge in [-0.3, -0.25) is 59.7 Å². The summed E-state index contributed by atoms with van der Waals surface area (Å²) >= 11 is 0.